The van der Waals surface area contributed by atoms with Gasteiger partial charge in [0.1, 0.15) is 0 Å². The average Bonchev–Trinajstić information content (AvgIpc) is 2.50. The average molecular weight is 325 g/mol. The number of nitrogens with zero attached hydrogens (tertiary/aromatic N) is 1. The van der Waals surface area contributed by atoms with Gasteiger partial charge in [-0.25, -0.2) is 0 Å². The minimum Gasteiger partial charge on any atom is -0.350 e. The van der Waals surface area contributed by atoms with Crippen molar-refractivity contribution in [2.75, 3.05) is 20.6 Å². The first-order valence-electron chi connectivity index (χ1n) is 9.71. The molecule has 23 heavy (non-hydrogen) atoms. The lowest BCUT2D eigenvalue weighted by molar-refractivity contribution is -0.117. The number of carbonyl (C=O) groups excluding carboxylic acids is 1. The molecular weight excluding hydrogens is 284 g/mol. The van der Waals surface area contributed by atoms with Crippen molar-refractivity contribution in [3.05, 3.63) is 12.2 Å². The number of rotatable bonds is 15. The fourth-order valence-electron chi connectivity index (χ4n) is 2.72. The van der Waals surface area contributed by atoms with Crippen molar-refractivity contribution in [2.24, 2.45) is 0 Å². The third kappa shape index (κ3) is 15.8. The van der Waals surface area contributed by atoms with Crippen LogP contribution in [0.3, 0.4) is 0 Å². The Bertz CT molecular complexity index is 300. The van der Waals surface area contributed by atoms with E-state index < -0.39 is 0 Å². The second-order valence-electron chi connectivity index (χ2n) is 6.92. The lowest BCUT2D eigenvalue weighted by Gasteiger charge is -2.18. The maximum Gasteiger partial charge on any atom is 0.243 e. The van der Waals surface area contributed by atoms with E-state index >= 15 is 0 Å². The van der Waals surface area contributed by atoms with E-state index in [0.29, 0.717) is 6.04 Å². The van der Waals surface area contributed by atoms with Crippen LogP contribution in [0, 0.1) is 0 Å². The number of unbranched alkanes of at least 4 members (excludes halogenated alkanes) is 7. The molecular formula is C20H40N2O. The standard InChI is InChI=1S/C20H40N2O/c1-5-7-9-11-13-16-19(15-12-10-8-6-2)21-20(23)17-14-18-22(3)4/h14,17,19H,5-13,15-16,18H2,1-4H3,(H,21,23)/b17-14+. The maximum atomic E-state index is 12.0. The molecule has 0 spiro atoms. The van der Waals surface area contributed by atoms with E-state index in [1.54, 1.807) is 6.08 Å². The minimum absolute atomic E-state index is 0.0703. The first kappa shape index (κ1) is 22.2. The van der Waals surface area contributed by atoms with Crippen molar-refractivity contribution >= 4 is 5.91 Å². The van der Waals surface area contributed by atoms with Gasteiger partial charge in [-0.05, 0) is 26.9 Å². The van der Waals surface area contributed by atoms with Crippen LogP contribution in [0.5, 0.6) is 0 Å². The summed E-state index contributed by atoms with van der Waals surface area (Å²) in [6.45, 7) is 5.30. The Hall–Kier alpha value is -0.830. The van der Waals surface area contributed by atoms with E-state index in [1.165, 1.54) is 57.8 Å². The van der Waals surface area contributed by atoms with Gasteiger partial charge in [-0.3, -0.25) is 4.79 Å². The summed E-state index contributed by atoms with van der Waals surface area (Å²) >= 11 is 0. The Kier molecular flexibility index (Phi) is 15.5. The number of amides is 1. The smallest absolute Gasteiger partial charge is 0.243 e. The van der Waals surface area contributed by atoms with Gasteiger partial charge in [0.15, 0.2) is 0 Å². The Morgan fingerprint density at radius 2 is 1.43 bits per heavy atom. The van der Waals surface area contributed by atoms with E-state index in [2.05, 4.69) is 24.1 Å². The topological polar surface area (TPSA) is 32.3 Å². The molecule has 1 N–H and O–H groups in total. The van der Waals surface area contributed by atoms with E-state index in [0.717, 1.165) is 19.4 Å². The Morgan fingerprint density at radius 3 is 1.96 bits per heavy atom. The van der Waals surface area contributed by atoms with E-state index in [1.807, 2.05) is 20.2 Å². The molecule has 0 radical (unpaired) electrons. The van der Waals surface area contributed by atoms with Gasteiger partial charge < -0.3 is 10.2 Å². The first-order valence-corrected chi connectivity index (χ1v) is 9.71. The van der Waals surface area contributed by atoms with Crippen molar-refractivity contribution < 1.29 is 4.79 Å². The van der Waals surface area contributed by atoms with Gasteiger partial charge in [-0.1, -0.05) is 77.7 Å². The number of hydrogen-bond acceptors (Lipinski definition) is 2. The highest BCUT2D eigenvalue weighted by molar-refractivity contribution is 5.87. The minimum atomic E-state index is 0.0703. The lowest BCUT2D eigenvalue weighted by atomic mass is 10.0. The molecule has 0 aliphatic heterocycles. The molecule has 0 aromatic rings. The molecule has 1 amide bonds. The second-order valence-corrected chi connectivity index (χ2v) is 6.92. The molecule has 1 atom stereocenters. The number of likely N-dealkylation sites (N-methyl/N-ethyl adjacent to an activating group) is 1. The van der Waals surface area contributed by atoms with Crippen LogP contribution in [0.2, 0.25) is 0 Å². The second kappa shape index (κ2) is 16.0. The zero-order valence-electron chi connectivity index (χ0n) is 16.1. The molecule has 0 bridgehead atoms. The molecule has 0 saturated carbocycles. The molecule has 3 nitrogen and oxygen atoms in total. The van der Waals surface area contributed by atoms with Crippen LogP contribution in [0.25, 0.3) is 0 Å². The summed E-state index contributed by atoms with van der Waals surface area (Å²) in [6.07, 6.45) is 17.5. The highest BCUT2D eigenvalue weighted by Crippen LogP contribution is 2.13. The zero-order chi connectivity index (χ0) is 17.3. The highest BCUT2D eigenvalue weighted by Gasteiger charge is 2.10. The maximum absolute atomic E-state index is 12.0. The van der Waals surface area contributed by atoms with Crippen LogP contribution in [-0.2, 0) is 4.79 Å². The Labute approximate surface area is 144 Å². The first-order chi connectivity index (χ1) is 11.1. The van der Waals surface area contributed by atoms with Crippen molar-refractivity contribution in [3.63, 3.8) is 0 Å². The summed E-state index contributed by atoms with van der Waals surface area (Å²) in [6, 6.07) is 0.352. The molecule has 0 aromatic heterocycles. The molecule has 0 rings (SSSR count). The van der Waals surface area contributed by atoms with Crippen molar-refractivity contribution in [1.29, 1.82) is 0 Å². The number of nitrogens with one attached hydrogen (secondary N) is 1. The van der Waals surface area contributed by atoms with Crippen LogP contribution in [0.4, 0.5) is 0 Å². The summed E-state index contributed by atoms with van der Waals surface area (Å²) in [4.78, 5) is 14.1. The third-order valence-corrected chi connectivity index (χ3v) is 4.15. The molecule has 0 fully saturated rings. The predicted octanol–water partition coefficient (Wildman–Crippen LogP) is 4.92. The van der Waals surface area contributed by atoms with Gasteiger partial charge in [0, 0.05) is 18.7 Å². The van der Waals surface area contributed by atoms with Crippen molar-refractivity contribution in [2.45, 2.75) is 90.5 Å². The van der Waals surface area contributed by atoms with Crippen molar-refractivity contribution in [3.8, 4) is 0 Å². The van der Waals surface area contributed by atoms with Crippen LogP contribution in [0.15, 0.2) is 12.2 Å². The quantitative estimate of drug-likeness (QED) is 0.342. The summed E-state index contributed by atoms with van der Waals surface area (Å²) in [5.74, 6) is 0.0703. The molecule has 3 heteroatoms. The summed E-state index contributed by atoms with van der Waals surface area (Å²) in [5, 5.41) is 3.21. The van der Waals surface area contributed by atoms with E-state index in [9.17, 15) is 4.79 Å². The monoisotopic (exact) mass is 324 g/mol. The molecule has 0 heterocycles. The fourth-order valence-corrected chi connectivity index (χ4v) is 2.72. The molecule has 1 unspecified atom stereocenters. The van der Waals surface area contributed by atoms with Crippen LogP contribution < -0.4 is 5.32 Å². The highest BCUT2D eigenvalue weighted by atomic mass is 16.1. The third-order valence-electron chi connectivity index (χ3n) is 4.15. The summed E-state index contributed by atoms with van der Waals surface area (Å²) < 4.78 is 0. The van der Waals surface area contributed by atoms with Crippen molar-refractivity contribution in [1.82, 2.24) is 10.2 Å². The van der Waals surface area contributed by atoms with Gasteiger partial charge in [-0.15, -0.1) is 0 Å². The summed E-state index contributed by atoms with van der Waals surface area (Å²) in [7, 11) is 4.02. The van der Waals surface area contributed by atoms with Crippen LogP contribution in [0.1, 0.15) is 84.5 Å². The van der Waals surface area contributed by atoms with E-state index in [4.69, 9.17) is 0 Å². The normalized spacial score (nSPS) is 12.9. The SMILES string of the molecule is CCCCCCCC(CCCCCC)NC(=O)/C=C/CN(C)C. The van der Waals surface area contributed by atoms with Gasteiger partial charge in [0.2, 0.25) is 5.91 Å². The zero-order valence-corrected chi connectivity index (χ0v) is 16.1. The molecule has 0 aliphatic rings. The van der Waals surface area contributed by atoms with Gasteiger partial charge in [-0.2, -0.15) is 0 Å². The predicted molar refractivity (Wildman–Crippen MR) is 102 cm³/mol. The molecule has 0 saturated heterocycles. The number of carbonyl (C=O) groups is 1. The van der Waals surface area contributed by atoms with E-state index in [-0.39, 0.29) is 5.91 Å². The Morgan fingerprint density at radius 1 is 0.913 bits per heavy atom. The fraction of sp³-hybridized carbons (Fsp3) is 0.850. The number of hydrogen-bond donors (Lipinski definition) is 1. The Balaban J connectivity index is 4.12. The molecule has 0 aromatic carbocycles. The van der Waals surface area contributed by atoms with Gasteiger partial charge in [0.05, 0.1) is 0 Å². The van der Waals surface area contributed by atoms with Crippen LogP contribution in [-0.4, -0.2) is 37.5 Å². The summed E-state index contributed by atoms with van der Waals surface area (Å²) in [5.41, 5.74) is 0. The van der Waals surface area contributed by atoms with Crippen LogP contribution >= 0.6 is 0 Å². The molecule has 0 aliphatic carbocycles. The molecule has 136 valence electrons. The van der Waals surface area contributed by atoms with Gasteiger partial charge in [0.25, 0.3) is 0 Å². The largest absolute Gasteiger partial charge is 0.350 e. The van der Waals surface area contributed by atoms with Gasteiger partial charge >= 0.3 is 0 Å². The lowest BCUT2D eigenvalue weighted by Crippen LogP contribution is -2.33.